The fraction of sp³-hybridized carbons (Fsp3) is 0.273. The van der Waals surface area contributed by atoms with Crippen LogP contribution in [0.3, 0.4) is 0 Å². The number of thiazole rings is 1. The van der Waals surface area contributed by atoms with Crippen molar-refractivity contribution in [3.05, 3.63) is 105 Å². The Morgan fingerprint density at radius 1 is 0.905 bits per heavy atom. The maximum absolute atomic E-state index is 11.5. The van der Waals surface area contributed by atoms with Crippen LogP contribution in [0.25, 0.3) is 11.1 Å². The van der Waals surface area contributed by atoms with Gasteiger partial charge in [0.1, 0.15) is 0 Å². The Balaban J connectivity index is 0.000000144. The minimum Gasteiger partial charge on any atom is -0.465 e. The number of benzene rings is 3. The number of nitrogens with one attached hydrogen (secondary N) is 1. The second kappa shape index (κ2) is 13.8. The van der Waals surface area contributed by atoms with Gasteiger partial charge in [0, 0.05) is 10.1 Å². The molecular weight excluding hydrogens is 569 g/mol. The lowest BCUT2D eigenvalue weighted by molar-refractivity contribution is -0.114. The van der Waals surface area contributed by atoms with Gasteiger partial charge in [-0.2, -0.15) is 0 Å². The number of anilines is 1. The molecule has 42 heavy (non-hydrogen) atoms. The third-order valence-electron chi connectivity index (χ3n) is 8.04. The number of aromatic nitrogens is 1. The van der Waals surface area contributed by atoms with Crippen LogP contribution in [0.5, 0.6) is 0 Å². The Kier molecular flexibility index (Phi) is 9.71. The molecule has 4 aromatic rings. The van der Waals surface area contributed by atoms with Gasteiger partial charge in [0.05, 0.1) is 23.4 Å². The number of hydrogen-bond donors (Lipinski definition) is 1. The fourth-order valence-electron chi connectivity index (χ4n) is 6.05. The van der Waals surface area contributed by atoms with Crippen molar-refractivity contribution in [1.29, 1.82) is 0 Å². The summed E-state index contributed by atoms with van der Waals surface area (Å²) < 4.78 is 4.68. The van der Waals surface area contributed by atoms with Crippen molar-refractivity contribution in [3.8, 4) is 11.1 Å². The zero-order valence-electron chi connectivity index (χ0n) is 23.2. The molecule has 3 aliphatic rings. The van der Waals surface area contributed by atoms with Crippen molar-refractivity contribution in [1.82, 2.24) is 4.98 Å². The summed E-state index contributed by atoms with van der Waals surface area (Å²) in [6.45, 7) is 0. The van der Waals surface area contributed by atoms with E-state index in [0.717, 1.165) is 39.0 Å². The summed E-state index contributed by atoms with van der Waals surface area (Å²) in [5.74, 6) is 2.40. The van der Waals surface area contributed by atoms with E-state index in [-0.39, 0.29) is 4.87 Å². The van der Waals surface area contributed by atoms with E-state index in [4.69, 9.17) is 0 Å². The normalized spacial score (nSPS) is 20.9. The lowest BCUT2D eigenvalue weighted by Gasteiger charge is -2.33. The lowest BCUT2D eigenvalue weighted by Crippen LogP contribution is -2.29. The van der Waals surface area contributed by atoms with E-state index in [9.17, 15) is 19.2 Å². The first-order chi connectivity index (χ1) is 20.5. The minimum atomic E-state index is -0.401. The van der Waals surface area contributed by atoms with Gasteiger partial charge < -0.3 is 9.72 Å². The number of aromatic amines is 1. The number of thioether (sulfide) groups is 1. The predicted molar refractivity (Wildman–Crippen MR) is 167 cm³/mol. The van der Waals surface area contributed by atoms with E-state index < -0.39 is 5.97 Å². The van der Waals surface area contributed by atoms with Gasteiger partial charge >= 0.3 is 10.8 Å². The second-order valence-corrected chi connectivity index (χ2v) is 12.7. The Bertz CT molecular complexity index is 1490. The van der Waals surface area contributed by atoms with Crippen molar-refractivity contribution in [2.75, 3.05) is 12.0 Å². The van der Waals surface area contributed by atoms with Crippen LogP contribution in [0.2, 0.25) is 0 Å². The van der Waals surface area contributed by atoms with Crippen LogP contribution in [-0.2, 0) is 20.7 Å². The van der Waals surface area contributed by atoms with Gasteiger partial charge in [-0.25, -0.2) is 4.79 Å². The van der Waals surface area contributed by atoms with Gasteiger partial charge in [-0.1, -0.05) is 72.0 Å². The number of carbonyl (C=O) groups is 3. The molecule has 2 amide bonds. The first kappa shape index (κ1) is 29.5. The van der Waals surface area contributed by atoms with E-state index in [1.807, 2.05) is 54.2 Å². The Hall–Kier alpha value is -3.95. The molecule has 1 aliphatic heterocycles. The van der Waals surface area contributed by atoms with Gasteiger partial charge in [0.15, 0.2) is 0 Å². The number of H-pyrrole nitrogens is 1. The summed E-state index contributed by atoms with van der Waals surface area (Å²) in [5.41, 5.74) is 2.64. The molecular formula is C33H32N2O5S2. The molecule has 0 spiro atoms. The zero-order chi connectivity index (χ0) is 29.5. The molecule has 2 fully saturated rings. The predicted octanol–water partition coefficient (Wildman–Crippen LogP) is 6.45. The molecule has 4 atom stereocenters. The third-order valence-corrected chi connectivity index (χ3v) is 10.7. The molecule has 2 heterocycles. The highest BCUT2D eigenvalue weighted by molar-refractivity contribution is 8.00. The molecule has 216 valence electrons. The van der Waals surface area contributed by atoms with Crippen LogP contribution in [0.1, 0.15) is 34.5 Å². The Labute approximate surface area is 252 Å². The van der Waals surface area contributed by atoms with Crippen LogP contribution in [-0.4, -0.2) is 36.1 Å². The van der Waals surface area contributed by atoms with Crippen molar-refractivity contribution >= 4 is 47.6 Å². The van der Waals surface area contributed by atoms with E-state index in [0.29, 0.717) is 24.1 Å². The van der Waals surface area contributed by atoms with E-state index in [1.165, 1.54) is 54.0 Å². The number of methoxy groups -OCH3 is 1. The standard InChI is InChI=1S/C16H13NO4.C11H13NOS2.C6H6/c1-21-16(20)14-4-2-3-13(9-14)12-5-7-15(8-6-12)17(10-18)11-19;13-11-12-10-8(14-11)4-7-5-1-2-6(3-5)9(7)15-10;1-2-4-6-5-3-1/h2-11H,1H3;5-7,9H,1-4H2,(H,12,13);1-6H/t;5?,6-,7-,9+;/m.1./s1. The fourth-order valence-corrected chi connectivity index (χ4v) is 8.75. The highest BCUT2D eigenvalue weighted by atomic mass is 32.2. The van der Waals surface area contributed by atoms with Crippen LogP contribution >= 0.6 is 23.1 Å². The zero-order valence-corrected chi connectivity index (χ0v) is 24.8. The molecule has 2 bridgehead atoms. The Morgan fingerprint density at radius 3 is 2.21 bits per heavy atom. The summed E-state index contributed by atoms with van der Waals surface area (Å²) in [4.78, 5) is 49.6. The SMILES string of the molecule is COC(=O)c1cccc(-c2ccc(N(C=O)C=O)cc2)c1.O=c1[nH]c2c(s1)C[C@@H]1C3CC[C@H](C3)[C@@H]1S2.c1ccccc1. The van der Waals surface area contributed by atoms with Crippen molar-refractivity contribution in [2.45, 2.75) is 36.0 Å². The number of fused-ring (bicyclic) bond motifs is 6. The van der Waals surface area contributed by atoms with Crippen LogP contribution in [0.4, 0.5) is 5.69 Å². The number of ether oxygens (including phenoxy) is 1. The number of amides is 2. The smallest absolute Gasteiger partial charge is 0.337 e. The summed E-state index contributed by atoms with van der Waals surface area (Å²) in [5, 5.41) is 2.01. The number of hydrogen-bond acceptors (Lipinski definition) is 7. The number of nitrogens with zero attached hydrogens (tertiary/aromatic N) is 1. The van der Waals surface area contributed by atoms with Crippen molar-refractivity contribution in [3.63, 3.8) is 0 Å². The average molecular weight is 601 g/mol. The second-order valence-electron chi connectivity index (χ2n) is 10.4. The molecule has 1 aromatic heterocycles. The number of esters is 1. The molecule has 2 aliphatic carbocycles. The number of rotatable bonds is 5. The summed E-state index contributed by atoms with van der Waals surface area (Å²) in [6, 6.07) is 25.9. The molecule has 1 unspecified atom stereocenters. The van der Waals surface area contributed by atoms with Crippen LogP contribution in [0.15, 0.2) is 94.7 Å². The Morgan fingerprint density at radius 2 is 1.57 bits per heavy atom. The number of carbonyl (C=O) groups excluding carboxylic acids is 3. The highest BCUT2D eigenvalue weighted by Gasteiger charge is 2.50. The molecule has 1 N–H and O–H groups in total. The van der Waals surface area contributed by atoms with Gasteiger partial charge in [0.25, 0.3) is 0 Å². The average Bonchev–Trinajstić information content (AvgIpc) is 3.76. The topological polar surface area (TPSA) is 96.5 Å². The molecule has 0 saturated heterocycles. The molecule has 3 aromatic carbocycles. The van der Waals surface area contributed by atoms with Gasteiger partial charge in [-0.05, 0) is 78.8 Å². The molecule has 9 heteroatoms. The quantitative estimate of drug-likeness (QED) is 0.209. The molecule has 7 nitrogen and oxygen atoms in total. The maximum Gasteiger partial charge on any atom is 0.337 e. The lowest BCUT2D eigenvalue weighted by atomic mass is 9.85. The first-order valence-corrected chi connectivity index (χ1v) is 15.6. The summed E-state index contributed by atoms with van der Waals surface area (Å²) in [6.07, 6.45) is 6.41. The third kappa shape index (κ3) is 6.74. The van der Waals surface area contributed by atoms with Crippen molar-refractivity contribution < 1.29 is 19.1 Å². The number of imide groups is 1. The molecule has 0 radical (unpaired) electrons. The first-order valence-electron chi connectivity index (χ1n) is 13.9. The van der Waals surface area contributed by atoms with Crippen LogP contribution < -0.4 is 9.77 Å². The van der Waals surface area contributed by atoms with Crippen molar-refractivity contribution in [2.24, 2.45) is 17.8 Å². The maximum atomic E-state index is 11.5. The summed E-state index contributed by atoms with van der Waals surface area (Å²) >= 11 is 3.40. The van der Waals surface area contributed by atoms with Gasteiger partial charge in [-0.3, -0.25) is 19.3 Å². The van der Waals surface area contributed by atoms with E-state index in [1.54, 1.807) is 42.5 Å². The van der Waals surface area contributed by atoms with E-state index in [2.05, 4.69) is 9.72 Å². The van der Waals surface area contributed by atoms with E-state index >= 15 is 0 Å². The molecule has 7 rings (SSSR count). The minimum absolute atomic E-state index is 0.139. The summed E-state index contributed by atoms with van der Waals surface area (Å²) in [7, 11) is 1.33. The van der Waals surface area contributed by atoms with Crippen LogP contribution in [0, 0.1) is 17.8 Å². The monoisotopic (exact) mass is 600 g/mol. The largest absolute Gasteiger partial charge is 0.465 e. The highest BCUT2D eigenvalue weighted by Crippen LogP contribution is 2.58. The molecule has 2 saturated carbocycles. The van der Waals surface area contributed by atoms with Gasteiger partial charge in [-0.15, -0.1) is 11.8 Å². The van der Waals surface area contributed by atoms with Gasteiger partial charge in [0.2, 0.25) is 12.8 Å².